The minimum absolute atomic E-state index is 0.0689. The summed E-state index contributed by atoms with van der Waals surface area (Å²) in [6.07, 6.45) is 1.91. The van der Waals surface area contributed by atoms with Crippen LogP contribution in [0.15, 0.2) is 35.3 Å². The number of likely N-dealkylation sites (N-methyl/N-ethyl adjacent to an activating group) is 1. The summed E-state index contributed by atoms with van der Waals surface area (Å²) in [5.74, 6) is -0.0994. The van der Waals surface area contributed by atoms with Gasteiger partial charge in [0.1, 0.15) is 5.02 Å². The topological polar surface area (TPSA) is 67.2 Å². The standard InChI is InChI=1S/C16H16Cl2N4O2/c1-19-15(23)13-6-10-4-2-3-5-11(10)8-21(13)9-22-16(24)14(18)12(17)7-20-22/h2-5,7,13H,6,8-9H2,1H3,(H,19,23)/t13-/m0/s1. The second-order valence-corrected chi connectivity index (χ2v) is 6.39. The van der Waals surface area contributed by atoms with Crippen molar-refractivity contribution in [3.63, 3.8) is 0 Å². The first-order valence-corrected chi connectivity index (χ1v) is 8.20. The quantitative estimate of drug-likeness (QED) is 0.897. The molecule has 2 heterocycles. The van der Waals surface area contributed by atoms with Gasteiger partial charge >= 0.3 is 0 Å². The number of halogens is 2. The zero-order chi connectivity index (χ0) is 17.3. The van der Waals surface area contributed by atoms with Gasteiger partial charge in [-0.3, -0.25) is 14.5 Å². The van der Waals surface area contributed by atoms with Gasteiger partial charge in [0.15, 0.2) is 0 Å². The molecule has 126 valence electrons. The second kappa shape index (κ2) is 6.93. The van der Waals surface area contributed by atoms with Gasteiger partial charge in [0, 0.05) is 13.6 Å². The Morgan fingerprint density at radius 1 is 1.33 bits per heavy atom. The molecule has 0 radical (unpaired) electrons. The SMILES string of the molecule is CNC(=O)[C@@H]1Cc2ccccc2CN1Cn1ncc(Cl)c(Cl)c1=O. The van der Waals surface area contributed by atoms with Gasteiger partial charge in [0.2, 0.25) is 5.91 Å². The minimum atomic E-state index is -0.473. The normalized spacial score (nSPS) is 17.4. The van der Waals surface area contributed by atoms with Crippen LogP contribution >= 0.6 is 23.2 Å². The van der Waals surface area contributed by atoms with E-state index in [1.165, 1.54) is 10.9 Å². The van der Waals surface area contributed by atoms with Crippen molar-refractivity contribution in [2.45, 2.75) is 25.7 Å². The molecule has 8 heteroatoms. The fraction of sp³-hybridized carbons (Fsp3) is 0.312. The van der Waals surface area contributed by atoms with Crippen LogP contribution in [0.3, 0.4) is 0 Å². The van der Waals surface area contributed by atoms with Crippen LogP contribution < -0.4 is 10.9 Å². The van der Waals surface area contributed by atoms with Gasteiger partial charge in [-0.15, -0.1) is 0 Å². The van der Waals surface area contributed by atoms with E-state index in [9.17, 15) is 9.59 Å². The van der Waals surface area contributed by atoms with Crippen LogP contribution in [0, 0.1) is 0 Å². The number of rotatable bonds is 3. The highest BCUT2D eigenvalue weighted by Gasteiger charge is 2.31. The molecular weight excluding hydrogens is 351 g/mol. The van der Waals surface area contributed by atoms with Crippen molar-refractivity contribution in [1.29, 1.82) is 0 Å². The average Bonchev–Trinajstić information content (AvgIpc) is 2.61. The average molecular weight is 367 g/mol. The molecule has 0 saturated carbocycles. The number of hydrogen-bond acceptors (Lipinski definition) is 4. The summed E-state index contributed by atoms with van der Waals surface area (Å²) < 4.78 is 1.22. The van der Waals surface area contributed by atoms with Crippen LogP contribution in [-0.4, -0.2) is 33.7 Å². The van der Waals surface area contributed by atoms with Crippen molar-refractivity contribution >= 4 is 29.1 Å². The number of carbonyl (C=O) groups is 1. The first kappa shape index (κ1) is 17.0. The van der Waals surface area contributed by atoms with E-state index < -0.39 is 5.56 Å². The predicted molar refractivity (Wildman–Crippen MR) is 92.1 cm³/mol. The monoisotopic (exact) mass is 366 g/mol. The number of hydrogen-bond donors (Lipinski definition) is 1. The Morgan fingerprint density at radius 2 is 2.04 bits per heavy atom. The summed E-state index contributed by atoms with van der Waals surface area (Å²) in [7, 11) is 1.60. The van der Waals surface area contributed by atoms with Gasteiger partial charge in [0.05, 0.1) is 23.9 Å². The van der Waals surface area contributed by atoms with E-state index in [1.54, 1.807) is 7.05 Å². The van der Waals surface area contributed by atoms with Crippen LogP contribution in [0.4, 0.5) is 0 Å². The van der Waals surface area contributed by atoms with E-state index in [0.29, 0.717) is 13.0 Å². The second-order valence-electron chi connectivity index (χ2n) is 5.60. The van der Waals surface area contributed by atoms with Crippen LogP contribution in [-0.2, 0) is 24.4 Å². The smallest absolute Gasteiger partial charge is 0.288 e. The summed E-state index contributed by atoms with van der Waals surface area (Å²) in [6.45, 7) is 0.699. The molecule has 0 spiro atoms. The molecule has 2 aromatic rings. The highest BCUT2D eigenvalue weighted by Crippen LogP contribution is 2.24. The third kappa shape index (κ3) is 3.17. The van der Waals surface area contributed by atoms with Crippen LogP contribution in [0.2, 0.25) is 10.0 Å². The molecule has 1 amide bonds. The molecule has 1 N–H and O–H groups in total. The molecular formula is C16H16Cl2N4O2. The maximum atomic E-state index is 12.3. The lowest BCUT2D eigenvalue weighted by Crippen LogP contribution is -2.51. The molecule has 3 rings (SSSR count). The molecule has 1 aliphatic heterocycles. The zero-order valence-electron chi connectivity index (χ0n) is 13.0. The summed E-state index contributed by atoms with van der Waals surface area (Å²) in [4.78, 5) is 26.4. The van der Waals surface area contributed by atoms with Gasteiger partial charge in [-0.2, -0.15) is 5.10 Å². The van der Waals surface area contributed by atoms with E-state index in [0.717, 1.165) is 11.1 Å². The lowest BCUT2D eigenvalue weighted by molar-refractivity contribution is -0.127. The number of benzene rings is 1. The van der Waals surface area contributed by atoms with Crippen LogP contribution in [0.25, 0.3) is 0 Å². The third-order valence-corrected chi connectivity index (χ3v) is 4.90. The maximum absolute atomic E-state index is 12.3. The number of amides is 1. The van der Waals surface area contributed by atoms with Crippen molar-refractivity contribution in [2.75, 3.05) is 7.05 Å². The Bertz CT molecular complexity index is 837. The van der Waals surface area contributed by atoms with E-state index in [-0.39, 0.29) is 28.7 Å². The number of fused-ring (bicyclic) bond motifs is 1. The van der Waals surface area contributed by atoms with E-state index in [2.05, 4.69) is 10.4 Å². The van der Waals surface area contributed by atoms with Gasteiger partial charge in [-0.05, 0) is 17.5 Å². The fourth-order valence-electron chi connectivity index (χ4n) is 2.87. The zero-order valence-corrected chi connectivity index (χ0v) is 14.5. The molecule has 0 fully saturated rings. The molecule has 1 aliphatic rings. The van der Waals surface area contributed by atoms with Crippen molar-refractivity contribution in [1.82, 2.24) is 20.0 Å². The fourth-order valence-corrected chi connectivity index (χ4v) is 3.14. The molecule has 0 unspecified atom stereocenters. The summed E-state index contributed by atoms with van der Waals surface area (Å²) in [5, 5.41) is 6.75. The highest BCUT2D eigenvalue weighted by molar-refractivity contribution is 6.41. The van der Waals surface area contributed by atoms with Gasteiger partial charge < -0.3 is 5.32 Å². The molecule has 1 aromatic heterocycles. The van der Waals surface area contributed by atoms with E-state index in [4.69, 9.17) is 23.2 Å². The lowest BCUT2D eigenvalue weighted by atomic mass is 9.94. The first-order chi connectivity index (χ1) is 11.5. The van der Waals surface area contributed by atoms with Crippen LogP contribution in [0.1, 0.15) is 11.1 Å². The summed E-state index contributed by atoms with van der Waals surface area (Å²) in [5.41, 5.74) is 1.79. The Hall–Kier alpha value is -1.89. The molecule has 6 nitrogen and oxygen atoms in total. The number of aromatic nitrogens is 2. The third-order valence-electron chi connectivity index (χ3n) is 4.15. The Balaban J connectivity index is 1.94. The van der Waals surface area contributed by atoms with Crippen molar-refractivity contribution in [3.8, 4) is 0 Å². The van der Waals surface area contributed by atoms with Gasteiger partial charge in [-0.25, -0.2) is 4.68 Å². The van der Waals surface area contributed by atoms with E-state index >= 15 is 0 Å². The summed E-state index contributed by atoms with van der Waals surface area (Å²) in [6, 6.07) is 7.58. The highest BCUT2D eigenvalue weighted by atomic mass is 35.5. The lowest BCUT2D eigenvalue weighted by Gasteiger charge is -2.35. The summed E-state index contributed by atoms with van der Waals surface area (Å²) >= 11 is 11.7. The molecule has 1 atom stereocenters. The number of nitrogens with one attached hydrogen (secondary N) is 1. The number of carbonyl (C=O) groups excluding carboxylic acids is 1. The molecule has 0 saturated heterocycles. The maximum Gasteiger partial charge on any atom is 0.288 e. The minimum Gasteiger partial charge on any atom is -0.358 e. The predicted octanol–water partition coefficient (Wildman–Crippen LogP) is 1.68. The molecule has 1 aromatic carbocycles. The van der Waals surface area contributed by atoms with Crippen molar-refractivity contribution in [2.24, 2.45) is 0 Å². The van der Waals surface area contributed by atoms with Crippen LogP contribution in [0.5, 0.6) is 0 Å². The van der Waals surface area contributed by atoms with E-state index in [1.807, 2.05) is 29.2 Å². The Labute approximate surface area is 149 Å². The molecule has 0 aliphatic carbocycles. The van der Waals surface area contributed by atoms with Gasteiger partial charge in [-0.1, -0.05) is 47.5 Å². The first-order valence-electron chi connectivity index (χ1n) is 7.44. The largest absolute Gasteiger partial charge is 0.358 e. The van der Waals surface area contributed by atoms with Crippen molar-refractivity contribution in [3.05, 3.63) is 62.0 Å². The van der Waals surface area contributed by atoms with Gasteiger partial charge in [0.25, 0.3) is 5.56 Å². The van der Waals surface area contributed by atoms with Crippen molar-refractivity contribution < 1.29 is 4.79 Å². The molecule has 24 heavy (non-hydrogen) atoms. The number of nitrogens with zero attached hydrogens (tertiary/aromatic N) is 3. The molecule has 0 bridgehead atoms. The Morgan fingerprint density at radius 3 is 2.75 bits per heavy atom. The Kier molecular flexibility index (Phi) is 4.89.